The van der Waals surface area contributed by atoms with Crippen molar-refractivity contribution in [2.24, 2.45) is 0 Å². The molecule has 0 aliphatic heterocycles. The molecule has 86 valence electrons. The highest BCUT2D eigenvalue weighted by Crippen LogP contribution is 2.23. The van der Waals surface area contributed by atoms with Crippen molar-refractivity contribution < 1.29 is 9.18 Å². The van der Waals surface area contributed by atoms with Crippen LogP contribution in [-0.2, 0) is 0 Å². The van der Waals surface area contributed by atoms with Gasteiger partial charge in [0.25, 0.3) is 0 Å². The van der Waals surface area contributed by atoms with Gasteiger partial charge in [-0.15, -0.1) is 0 Å². The summed E-state index contributed by atoms with van der Waals surface area (Å²) in [6.45, 7) is 0. The van der Waals surface area contributed by atoms with Gasteiger partial charge in [0.15, 0.2) is 5.78 Å². The number of carbonyl (C=O) groups excluding carboxylic acids is 1. The predicted molar refractivity (Wildman–Crippen MR) is 66.2 cm³/mol. The van der Waals surface area contributed by atoms with Crippen molar-refractivity contribution in [1.82, 2.24) is 4.98 Å². The summed E-state index contributed by atoms with van der Waals surface area (Å²) in [6, 6.07) is 6.99. The van der Waals surface area contributed by atoms with Crippen LogP contribution in [0.25, 0.3) is 0 Å². The molecule has 0 radical (unpaired) electrons. The van der Waals surface area contributed by atoms with Crippen molar-refractivity contribution in [2.45, 2.75) is 0 Å². The molecule has 0 spiro atoms. The van der Waals surface area contributed by atoms with Crippen LogP contribution < -0.4 is 5.73 Å². The van der Waals surface area contributed by atoms with Gasteiger partial charge in [-0.3, -0.25) is 4.79 Å². The zero-order valence-electron chi connectivity index (χ0n) is 8.65. The van der Waals surface area contributed by atoms with E-state index in [2.05, 4.69) is 20.9 Å². The van der Waals surface area contributed by atoms with Crippen LogP contribution in [0, 0.1) is 5.82 Å². The van der Waals surface area contributed by atoms with Crippen LogP contribution in [0.5, 0.6) is 0 Å². The van der Waals surface area contributed by atoms with E-state index >= 15 is 0 Å². The third-order valence-corrected chi connectivity index (χ3v) is 2.90. The molecule has 0 aliphatic carbocycles. The summed E-state index contributed by atoms with van der Waals surface area (Å²) < 4.78 is 13.4. The molecule has 2 N–H and O–H groups in total. The van der Waals surface area contributed by atoms with E-state index in [0.29, 0.717) is 10.2 Å². The molecule has 0 saturated heterocycles. The van der Waals surface area contributed by atoms with Crippen LogP contribution in [0.15, 0.2) is 41.1 Å². The van der Waals surface area contributed by atoms with Crippen LogP contribution in [0.4, 0.5) is 10.1 Å². The van der Waals surface area contributed by atoms with Gasteiger partial charge in [-0.2, -0.15) is 0 Å². The van der Waals surface area contributed by atoms with Gasteiger partial charge in [0, 0.05) is 17.3 Å². The van der Waals surface area contributed by atoms with Crippen molar-refractivity contribution >= 4 is 27.4 Å². The number of aromatic nitrogens is 1. The number of ketones is 1. The SMILES string of the molecule is Nc1c(C(=O)c2cccc(F)c2)ccnc1Br. The largest absolute Gasteiger partial charge is 0.396 e. The lowest BCUT2D eigenvalue weighted by Crippen LogP contribution is -2.06. The number of benzene rings is 1. The Bertz CT molecular complexity index is 586. The number of halogens is 2. The van der Waals surface area contributed by atoms with Crippen molar-refractivity contribution in [3.05, 3.63) is 58.1 Å². The minimum atomic E-state index is -0.456. The zero-order chi connectivity index (χ0) is 12.4. The molecule has 2 aromatic rings. The van der Waals surface area contributed by atoms with E-state index in [1.54, 1.807) is 6.07 Å². The Morgan fingerprint density at radius 2 is 2.12 bits per heavy atom. The van der Waals surface area contributed by atoms with Crippen LogP contribution in [0.3, 0.4) is 0 Å². The highest BCUT2D eigenvalue weighted by Gasteiger charge is 2.14. The molecule has 1 aromatic heterocycles. The first-order valence-electron chi connectivity index (χ1n) is 4.80. The Kier molecular flexibility index (Phi) is 3.19. The van der Waals surface area contributed by atoms with E-state index in [1.165, 1.54) is 30.5 Å². The van der Waals surface area contributed by atoms with Gasteiger partial charge in [0.05, 0.1) is 5.69 Å². The van der Waals surface area contributed by atoms with Crippen molar-refractivity contribution in [3.63, 3.8) is 0 Å². The van der Waals surface area contributed by atoms with Crippen molar-refractivity contribution in [3.8, 4) is 0 Å². The van der Waals surface area contributed by atoms with Gasteiger partial charge >= 0.3 is 0 Å². The summed E-state index contributed by atoms with van der Waals surface area (Å²) in [5.74, 6) is -0.785. The Morgan fingerprint density at radius 3 is 2.82 bits per heavy atom. The van der Waals surface area contributed by atoms with E-state index in [-0.39, 0.29) is 17.0 Å². The molecular formula is C12H8BrFN2O. The molecule has 17 heavy (non-hydrogen) atoms. The number of hydrogen-bond acceptors (Lipinski definition) is 3. The first-order chi connectivity index (χ1) is 8.09. The van der Waals surface area contributed by atoms with Crippen molar-refractivity contribution in [1.29, 1.82) is 0 Å². The molecule has 0 atom stereocenters. The third-order valence-electron chi connectivity index (χ3n) is 2.27. The second kappa shape index (κ2) is 4.63. The molecule has 1 heterocycles. The van der Waals surface area contributed by atoms with Gasteiger partial charge in [-0.1, -0.05) is 12.1 Å². The quantitative estimate of drug-likeness (QED) is 0.684. The molecule has 0 aliphatic rings. The monoisotopic (exact) mass is 294 g/mol. The Hall–Kier alpha value is -1.75. The fraction of sp³-hybridized carbons (Fsp3) is 0. The molecule has 1 aromatic carbocycles. The minimum absolute atomic E-state index is 0.252. The summed E-state index contributed by atoms with van der Waals surface area (Å²) in [7, 11) is 0. The first kappa shape index (κ1) is 11.7. The summed E-state index contributed by atoms with van der Waals surface area (Å²) in [5, 5.41) is 0. The minimum Gasteiger partial charge on any atom is -0.396 e. The number of nitrogens with zero attached hydrogens (tertiary/aromatic N) is 1. The van der Waals surface area contributed by atoms with Gasteiger partial charge in [-0.05, 0) is 34.1 Å². The predicted octanol–water partition coefficient (Wildman–Crippen LogP) is 2.80. The molecule has 3 nitrogen and oxygen atoms in total. The normalized spacial score (nSPS) is 10.2. The van der Waals surface area contributed by atoms with E-state index in [0.717, 1.165) is 0 Å². The van der Waals surface area contributed by atoms with Crippen molar-refractivity contribution in [2.75, 3.05) is 5.73 Å². The van der Waals surface area contributed by atoms with Crippen LogP contribution >= 0.6 is 15.9 Å². The average molecular weight is 295 g/mol. The Labute approximate surface area is 106 Å². The third kappa shape index (κ3) is 2.34. The number of anilines is 1. The number of carbonyl (C=O) groups is 1. The maximum Gasteiger partial charge on any atom is 0.195 e. The number of rotatable bonds is 2. The first-order valence-corrected chi connectivity index (χ1v) is 5.59. The van der Waals surface area contributed by atoms with Gasteiger partial charge in [-0.25, -0.2) is 9.37 Å². The Morgan fingerprint density at radius 1 is 1.35 bits per heavy atom. The molecule has 0 saturated carbocycles. The summed E-state index contributed by atoms with van der Waals surface area (Å²) in [4.78, 5) is 16.0. The summed E-state index contributed by atoms with van der Waals surface area (Å²) in [6.07, 6.45) is 1.47. The molecule has 0 bridgehead atoms. The fourth-order valence-electron chi connectivity index (χ4n) is 1.43. The number of pyridine rings is 1. The molecule has 0 unspecified atom stereocenters. The van der Waals surface area contributed by atoms with Crippen LogP contribution in [0.2, 0.25) is 0 Å². The average Bonchev–Trinajstić information content (AvgIpc) is 2.32. The molecule has 5 heteroatoms. The van der Waals surface area contributed by atoms with Crippen LogP contribution in [0.1, 0.15) is 15.9 Å². The second-order valence-corrected chi connectivity index (χ2v) is 4.15. The Balaban J connectivity index is 2.48. The van der Waals surface area contributed by atoms with Gasteiger partial charge in [0.2, 0.25) is 0 Å². The topological polar surface area (TPSA) is 56.0 Å². The highest BCUT2D eigenvalue weighted by atomic mass is 79.9. The molecule has 0 amide bonds. The standard InChI is InChI=1S/C12H8BrFN2O/c13-12-10(15)9(4-5-16-12)11(17)7-2-1-3-8(14)6-7/h1-6H,15H2. The van der Waals surface area contributed by atoms with E-state index in [1.807, 2.05) is 0 Å². The number of hydrogen-bond donors (Lipinski definition) is 1. The summed E-state index contributed by atoms with van der Waals surface area (Å²) in [5.41, 5.74) is 6.55. The smallest absolute Gasteiger partial charge is 0.195 e. The second-order valence-electron chi connectivity index (χ2n) is 3.40. The van der Waals surface area contributed by atoms with E-state index < -0.39 is 5.82 Å². The summed E-state index contributed by atoms with van der Waals surface area (Å²) >= 11 is 3.14. The lowest BCUT2D eigenvalue weighted by atomic mass is 10.0. The maximum atomic E-state index is 13.0. The lowest BCUT2D eigenvalue weighted by molar-refractivity contribution is 0.103. The van der Waals surface area contributed by atoms with Gasteiger partial charge < -0.3 is 5.73 Å². The fourth-order valence-corrected chi connectivity index (χ4v) is 1.76. The van der Waals surface area contributed by atoms with Crippen LogP contribution in [-0.4, -0.2) is 10.8 Å². The highest BCUT2D eigenvalue weighted by molar-refractivity contribution is 9.10. The molecule has 2 rings (SSSR count). The van der Waals surface area contributed by atoms with Gasteiger partial charge in [0.1, 0.15) is 10.4 Å². The lowest BCUT2D eigenvalue weighted by Gasteiger charge is -2.05. The molecular weight excluding hydrogens is 287 g/mol. The number of nitrogens with two attached hydrogens (primary N) is 1. The van der Waals surface area contributed by atoms with E-state index in [9.17, 15) is 9.18 Å². The van der Waals surface area contributed by atoms with E-state index in [4.69, 9.17) is 5.73 Å². The molecule has 0 fully saturated rings. The number of nitrogen functional groups attached to an aromatic ring is 1. The maximum absolute atomic E-state index is 13.0. The zero-order valence-corrected chi connectivity index (χ0v) is 10.2.